The SMILES string of the molecule is CCCCCC(Cl)C(=O)C(=O)C(Cl)CCCCC. The van der Waals surface area contributed by atoms with E-state index < -0.39 is 22.3 Å². The van der Waals surface area contributed by atoms with Crippen LogP contribution in [-0.4, -0.2) is 22.3 Å². The third kappa shape index (κ3) is 7.38. The van der Waals surface area contributed by atoms with Crippen molar-refractivity contribution < 1.29 is 9.59 Å². The van der Waals surface area contributed by atoms with E-state index in [4.69, 9.17) is 23.2 Å². The lowest BCUT2D eigenvalue weighted by molar-refractivity contribution is -0.136. The molecule has 0 fully saturated rings. The maximum absolute atomic E-state index is 11.7. The first-order valence-electron chi connectivity index (χ1n) is 6.90. The minimum absolute atomic E-state index is 0.510. The molecule has 0 bridgehead atoms. The molecule has 0 aromatic carbocycles. The smallest absolute Gasteiger partial charge is 0.217 e. The van der Waals surface area contributed by atoms with Gasteiger partial charge in [-0.2, -0.15) is 0 Å². The van der Waals surface area contributed by atoms with Crippen LogP contribution in [0, 0.1) is 0 Å². The molecule has 0 rings (SSSR count). The predicted molar refractivity (Wildman–Crippen MR) is 77.6 cm³/mol. The van der Waals surface area contributed by atoms with Gasteiger partial charge in [0, 0.05) is 0 Å². The van der Waals surface area contributed by atoms with Crippen molar-refractivity contribution in [3.63, 3.8) is 0 Å². The van der Waals surface area contributed by atoms with Crippen LogP contribution in [0.2, 0.25) is 0 Å². The Morgan fingerprint density at radius 2 is 1.11 bits per heavy atom. The summed E-state index contributed by atoms with van der Waals surface area (Å²) in [5, 5.41) is -1.40. The Kier molecular flexibility index (Phi) is 10.8. The molecule has 0 aromatic rings. The van der Waals surface area contributed by atoms with Crippen molar-refractivity contribution in [3.05, 3.63) is 0 Å². The van der Waals surface area contributed by atoms with Crippen molar-refractivity contribution in [2.45, 2.75) is 76.0 Å². The summed E-state index contributed by atoms with van der Waals surface area (Å²) in [7, 11) is 0. The van der Waals surface area contributed by atoms with Crippen molar-refractivity contribution in [3.8, 4) is 0 Å². The van der Waals surface area contributed by atoms with Crippen LogP contribution in [0.3, 0.4) is 0 Å². The van der Waals surface area contributed by atoms with Gasteiger partial charge in [0.1, 0.15) is 0 Å². The summed E-state index contributed by atoms with van der Waals surface area (Å²) in [5.74, 6) is -1.02. The van der Waals surface area contributed by atoms with Gasteiger partial charge in [0.25, 0.3) is 0 Å². The quantitative estimate of drug-likeness (QED) is 0.319. The van der Waals surface area contributed by atoms with Crippen LogP contribution in [0.4, 0.5) is 0 Å². The number of carbonyl (C=O) groups excluding carboxylic acids is 2. The summed E-state index contributed by atoms with van der Waals surface area (Å²) in [4.78, 5) is 23.5. The second-order valence-corrected chi connectivity index (χ2v) is 5.71. The van der Waals surface area contributed by atoms with E-state index in [1.807, 2.05) is 0 Å². The minimum Gasteiger partial charge on any atom is -0.289 e. The van der Waals surface area contributed by atoms with Crippen molar-refractivity contribution in [1.82, 2.24) is 0 Å². The summed E-state index contributed by atoms with van der Waals surface area (Å²) in [6.45, 7) is 4.16. The summed E-state index contributed by atoms with van der Waals surface area (Å²) >= 11 is 11.9. The first-order valence-corrected chi connectivity index (χ1v) is 7.78. The maximum Gasteiger partial charge on any atom is 0.217 e. The third-order valence-corrected chi connectivity index (χ3v) is 3.77. The van der Waals surface area contributed by atoms with Crippen molar-refractivity contribution in [2.24, 2.45) is 0 Å². The fourth-order valence-corrected chi connectivity index (χ4v) is 2.24. The first-order chi connectivity index (χ1) is 8.54. The second-order valence-electron chi connectivity index (χ2n) is 4.66. The van der Waals surface area contributed by atoms with Gasteiger partial charge < -0.3 is 0 Å². The van der Waals surface area contributed by atoms with Gasteiger partial charge in [-0.15, -0.1) is 23.2 Å². The van der Waals surface area contributed by atoms with Crippen LogP contribution in [0.25, 0.3) is 0 Å². The van der Waals surface area contributed by atoms with E-state index in [9.17, 15) is 9.59 Å². The minimum atomic E-state index is -0.698. The highest BCUT2D eigenvalue weighted by molar-refractivity contribution is 6.56. The van der Waals surface area contributed by atoms with Crippen LogP contribution in [0.1, 0.15) is 65.2 Å². The van der Waals surface area contributed by atoms with E-state index in [1.165, 1.54) is 0 Å². The molecule has 0 N–H and O–H groups in total. The Hall–Kier alpha value is -0.0800. The lowest BCUT2D eigenvalue weighted by Gasteiger charge is -2.10. The van der Waals surface area contributed by atoms with Crippen molar-refractivity contribution in [1.29, 1.82) is 0 Å². The lowest BCUT2D eigenvalue weighted by Crippen LogP contribution is -2.31. The number of halogens is 2. The Balaban J connectivity index is 4.02. The number of rotatable bonds is 11. The lowest BCUT2D eigenvalue weighted by atomic mass is 10.0. The monoisotopic (exact) mass is 294 g/mol. The molecule has 2 atom stereocenters. The van der Waals surface area contributed by atoms with Crippen molar-refractivity contribution >= 4 is 34.8 Å². The highest BCUT2D eigenvalue weighted by Gasteiger charge is 2.28. The normalized spacial score (nSPS) is 14.2. The summed E-state index contributed by atoms with van der Waals surface area (Å²) in [6, 6.07) is 0. The molecule has 0 aliphatic carbocycles. The van der Waals surface area contributed by atoms with Gasteiger partial charge in [0.15, 0.2) is 0 Å². The number of hydrogen-bond acceptors (Lipinski definition) is 2. The molecule has 0 aliphatic rings. The van der Waals surface area contributed by atoms with E-state index in [0.29, 0.717) is 12.8 Å². The van der Waals surface area contributed by atoms with E-state index in [0.717, 1.165) is 38.5 Å². The fourth-order valence-electron chi connectivity index (χ4n) is 1.72. The zero-order valence-corrected chi connectivity index (χ0v) is 12.9. The second kappa shape index (κ2) is 10.8. The first kappa shape index (κ1) is 17.9. The highest BCUT2D eigenvalue weighted by Crippen LogP contribution is 2.16. The van der Waals surface area contributed by atoms with Gasteiger partial charge in [-0.1, -0.05) is 52.4 Å². The van der Waals surface area contributed by atoms with E-state index in [2.05, 4.69) is 13.8 Å². The molecule has 18 heavy (non-hydrogen) atoms. The number of alkyl halides is 2. The fraction of sp³-hybridized carbons (Fsp3) is 0.857. The Bertz CT molecular complexity index is 228. The molecule has 0 heterocycles. The predicted octanol–water partition coefficient (Wildman–Crippen LogP) is 4.50. The molecule has 0 saturated carbocycles. The van der Waals surface area contributed by atoms with Gasteiger partial charge in [-0.05, 0) is 12.8 Å². The summed E-state index contributed by atoms with van der Waals surface area (Å²) in [6.07, 6.45) is 7.11. The molecule has 106 valence electrons. The molecule has 2 nitrogen and oxygen atoms in total. The molecule has 2 unspecified atom stereocenters. The standard InChI is InChI=1S/C14H24Cl2O2/c1-3-5-7-9-11(15)13(17)14(18)12(16)10-8-6-4-2/h11-12H,3-10H2,1-2H3. The van der Waals surface area contributed by atoms with E-state index in [1.54, 1.807) is 0 Å². The Labute approximate surface area is 120 Å². The number of ketones is 2. The molecule has 0 amide bonds. The third-order valence-electron chi connectivity index (χ3n) is 2.93. The van der Waals surface area contributed by atoms with Crippen LogP contribution in [0.15, 0.2) is 0 Å². The maximum atomic E-state index is 11.7. The zero-order chi connectivity index (χ0) is 14.0. The van der Waals surface area contributed by atoms with Crippen LogP contribution in [-0.2, 0) is 9.59 Å². The highest BCUT2D eigenvalue weighted by atomic mass is 35.5. The Morgan fingerprint density at radius 3 is 1.39 bits per heavy atom. The average molecular weight is 295 g/mol. The van der Waals surface area contributed by atoms with Gasteiger partial charge in [0.2, 0.25) is 11.6 Å². The summed E-state index contributed by atoms with van der Waals surface area (Å²) in [5.41, 5.74) is 0. The van der Waals surface area contributed by atoms with E-state index in [-0.39, 0.29) is 0 Å². The molecule has 0 saturated heterocycles. The number of Topliss-reactive ketones (excluding diaryl/α,β-unsaturated/α-hetero) is 2. The summed E-state index contributed by atoms with van der Waals surface area (Å²) < 4.78 is 0. The molecule has 4 heteroatoms. The molecule has 0 aromatic heterocycles. The molecular formula is C14H24Cl2O2. The Morgan fingerprint density at radius 1 is 0.778 bits per heavy atom. The van der Waals surface area contributed by atoms with Gasteiger partial charge in [-0.3, -0.25) is 9.59 Å². The van der Waals surface area contributed by atoms with Gasteiger partial charge >= 0.3 is 0 Å². The number of unbranched alkanes of at least 4 members (excludes halogenated alkanes) is 4. The van der Waals surface area contributed by atoms with E-state index >= 15 is 0 Å². The van der Waals surface area contributed by atoms with Gasteiger partial charge in [0.05, 0.1) is 10.8 Å². The van der Waals surface area contributed by atoms with Crippen LogP contribution < -0.4 is 0 Å². The zero-order valence-electron chi connectivity index (χ0n) is 11.4. The average Bonchev–Trinajstić information content (AvgIpc) is 2.37. The van der Waals surface area contributed by atoms with Crippen molar-refractivity contribution in [2.75, 3.05) is 0 Å². The molecule has 0 aliphatic heterocycles. The molecular weight excluding hydrogens is 271 g/mol. The van der Waals surface area contributed by atoms with Gasteiger partial charge in [-0.25, -0.2) is 0 Å². The number of carbonyl (C=O) groups is 2. The molecule has 0 radical (unpaired) electrons. The van der Waals surface area contributed by atoms with Crippen LogP contribution in [0.5, 0.6) is 0 Å². The number of hydrogen-bond donors (Lipinski definition) is 0. The largest absolute Gasteiger partial charge is 0.289 e. The topological polar surface area (TPSA) is 34.1 Å². The molecule has 0 spiro atoms. The van der Waals surface area contributed by atoms with Crippen LogP contribution >= 0.6 is 23.2 Å².